The minimum absolute atomic E-state index is 0.0527. The number of allylic oxidation sites excluding steroid dienone is 2. The van der Waals surface area contributed by atoms with E-state index in [0.29, 0.717) is 12.3 Å². The number of esters is 1. The molecule has 0 aromatic heterocycles. The van der Waals surface area contributed by atoms with Crippen LogP contribution >= 0.6 is 0 Å². The standard InChI is InChI=1S/C20H30O3/c1-7-20(6)11-10-14(12-16(20)13(2)3)15-8-9-17(19(4,5)22)23-18(15)21/h7-8,14,16-17,22H,1-2,9-12H2,3-6H3/t14?,16?,17?,20-/m0/s1. The van der Waals surface area contributed by atoms with Crippen molar-refractivity contribution in [3.05, 3.63) is 36.5 Å². The SMILES string of the molecule is C=C[C@@]1(C)CCC(C2=CCC(C(C)(C)O)OC2=O)CC1C(=C)C. The molecule has 128 valence electrons. The van der Waals surface area contributed by atoms with Crippen LogP contribution in [0.25, 0.3) is 0 Å². The van der Waals surface area contributed by atoms with E-state index in [1.807, 2.05) is 12.2 Å². The summed E-state index contributed by atoms with van der Waals surface area (Å²) in [6.45, 7) is 15.8. The van der Waals surface area contributed by atoms with Gasteiger partial charge in [-0.05, 0) is 57.3 Å². The number of ether oxygens (including phenoxy) is 1. The van der Waals surface area contributed by atoms with Crippen molar-refractivity contribution in [1.82, 2.24) is 0 Å². The smallest absolute Gasteiger partial charge is 0.334 e. The molecule has 1 aliphatic carbocycles. The number of cyclic esters (lactones) is 1. The van der Waals surface area contributed by atoms with E-state index in [0.717, 1.165) is 30.4 Å². The second-order valence-electron chi connectivity index (χ2n) is 8.02. The van der Waals surface area contributed by atoms with Gasteiger partial charge < -0.3 is 9.84 Å². The van der Waals surface area contributed by atoms with Crippen molar-refractivity contribution < 1.29 is 14.6 Å². The zero-order chi connectivity index (χ0) is 17.4. The molecule has 3 unspecified atom stereocenters. The number of hydrogen-bond acceptors (Lipinski definition) is 3. The van der Waals surface area contributed by atoms with E-state index in [2.05, 4.69) is 27.0 Å². The Morgan fingerprint density at radius 3 is 2.65 bits per heavy atom. The first-order chi connectivity index (χ1) is 10.6. The second kappa shape index (κ2) is 6.27. The van der Waals surface area contributed by atoms with Crippen LogP contribution in [0, 0.1) is 17.3 Å². The molecule has 3 nitrogen and oxygen atoms in total. The lowest BCUT2D eigenvalue weighted by molar-refractivity contribution is -0.159. The molecule has 0 radical (unpaired) electrons. The van der Waals surface area contributed by atoms with Crippen molar-refractivity contribution in [2.45, 2.75) is 65.1 Å². The third-order valence-corrected chi connectivity index (χ3v) is 5.67. The van der Waals surface area contributed by atoms with Crippen LogP contribution in [0.5, 0.6) is 0 Å². The van der Waals surface area contributed by atoms with Crippen molar-refractivity contribution >= 4 is 5.97 Å². The Balaban J connectivity index is 2.17. The Morgan fingerprint density at radius 2 is 2.17 bits per heavy atom. The summed E-state index contributed by atoms with van der Waals surface area (Å²) in [5.41, 5.74) is 0.974. The van der Waals surface area contributed by atoms with Gasteiger partial charge in [-0.2, -0.15) is 0 Å². The fourth-order valence-corrected chi connectivity index (χ4v) is 3.95. The maximum Gasteiger partial charge on any atom is 0.334 e. The predicted octanol–water partition coefficient (Wildman–Crippen LogP) is 4.18. The van der Waals surface area contributed by atoms with Crippen LogP contribution in [0.1, 0.15) is 53.4 Å². The van der Waals surface area contributed by atoms with Crippen molar-refractivity contribution in [2.75, 3.05) is 0 Å². The molecule has 1 aliphatic heterocycles. The molecule has 4 atom stereocenters. The molecule has 0 spiro atoms. The van der Waals surface area contributed by atoms with Gasteiger partial charge in [0.05, 0.1) is 5.60 Å². The highest BCUT2D eigenvalue weighted by Crippen LogP contribution is 2.49. The van der Waals surface area contributed by atoms with Gasteiger partial charge in [0, 0.05) is 12.0 Å². The number of carbonyl (C=O) groups is 1. The first-order valence-corrected chi connectivity index (χ1v) is 8.51. The molecule has 0 saturated heterocycles. The van der Waals surface area contributed by atoms with Gasteiger partial charge in [0.15, 0.2) is 0 Å². The molecule has 0 amide bonds. The third-order valence-electron chi connectivity index (χ3n) is 5.67. The summed E-state index contributed by atoms with van der Waals surface area (Å²) in [4.78, 5) is 12.4. The van der Waals surface area contributed by atoms with Gasteiger partial charge in [-0.25, -0.2) is 4.79 Å². The summed E-state index contributed by atoms with van der Waals surface area (Å²) in [7, 11) is 0. The normalized spacial score (nSPS) is 35.3. The van der Waals surface area contributed by atoms with Gasteiger partial charge >= 0.3 is 5.97 Å². The van der Waals surface area contributed by atoms with Gasteiger partial charge in [0.1, 0.15) is 6.10 Å². The first-order valence-electron chi connectivity index (χ1n) is 8.51. The average Bonchev–Trinajstić information content (AvgIpc) is 2.46. The number of aliphatic hydroxyl groups is 1. The van der Waals surface area contributed by atoms with Crippen molar-refractivity contribution in [1.29, 1.82) is 0 Å². The molecule has 2 aliphatic rings. The van der Waals surface area contributed by atoms with Crippen LogP contribution in [0.4, 0.5) is 0 Å². The van der Waals surface area contributed by atoms with Crippen LogP contribution in [0.15, 0.2) is 36.5 Å². The van der Waals surface area contributed by atoms with E-state index in [-0.39, 0.29) is 17.3 Å². The monoisotopic (exact) mass is 318 g/mol. The molecule has 0 bridgehead atoms. The highest BCUT2D eigenvalue weighted by Gasteiger charge is 2.42. The van der Waals surface area contributed by atoms with Gasteiger partial charge in [0.25, 0.3) is 0 Å². The third kappa shape index (κ3) is 3.60. The largest absolute Gasteiger partial charge is 0.456 e. The lowest BCUT2D eigenvalue weighted by Crippen LogP contribution is -2.43. The Hall–Kier alpha value is -1.35. The maximum absolute atomic E-state index is 12.4. The van der Waals surface area contributed by atoms with E-state index in [4.69, 9.17) is 4.74 Å². The Labute approximate surface area is 140 Å². The molecular formula is C20H30O3. The number of hydrogen-bond donors (Lipinski definition) is 1. The Bertz CT molecular complexity index is 538. The molecular weight excluding hydrogens is 288 g/mol. The predicted molar refractivity (Wildman–Crippen MR) is 92.8 cm³/mol. The summed E-state index contributed by atoms with van der Waals surface area (Å²) in [6.07, 6.45) is 7.01. The molecule has 1 N–H and O–H groups in total. The molecule has 0 aromatic rings. The van der Waals surface area contributed by atoms with E-state index < -0.39 is 11.7 Å². The summed E-state index contributed by atoms with van der Waals surface area (Å²) in [5.74, 6) is 0.274. The minimum Gasteiger partial charge on any atom is -0.456 e. The highest BCUT2D eigenvalue weighted by atomic mass is 16.6. The topological polar surface area (TPSA) is 46.5 Å². The van der Waals surface area contributed by atoms with Crippen molar-refractivity contribution in [3.63, 3.8) is 0 Å². The second-order valence-corrected chi connectivity index (χ2v) is 8.02. The summed E-state index contributed by atoms with van der Waals surface area (Å²) in [6, 6.07) is 0. The van der Waals surface area contributed by atoms with E-state index >= 15 is 0 Å². The summed E-state index contributed by atoms with van der Waals surface area (Å²) >= 11 is 0. The fraction of sp³-hybridized carbons (Fsp3) is 0.650. The minimum atomic E-state index is -1.01. The van der Waals surface area contributed by atoms with Gasteiger partial charge in [-0.15, -0.1) is 6.58 Å². The molecule has 0 aromatic carbocycles. The van der Waals surface area contributed by atoms with Crippen LogP contribution in [0.3, 0.4) is 0 Å². The van der Waals surface area contributed by atoms with Crippen LogP contribution in [-0.4, -0.2) is 22.8 Å². The van der Waals surface area contributed by atoms with E-state index in [9.17, 15) is 9.90 Å². The van der Waals surface area contributed by atoms with Gasteiger partial charge in [0.2, 0.25) is 0 Å². The molecule has 1 saturated carbocycles. The van der Waals surface area contributed by atoms with Crippen molar-refractivity contribution in [2.24, 2.45) is 17.3 Å². The number of rotatable bonds is 4. The Morgan fingerprint density at radius 1 is 1.52 bits per heavy atom. The van der Waals surface area contributed by atoms with Crippen molar-refractivity contribution in [3.8, 4) is 0 Å². The molecule has 1 fully saturated rings. The zero-order valence-electron chi connectivity index (χ0n) is 14.9. The van der Waals surface area contributed by atoms with E-state index in [1.54, 1.807) is 13.8 Å². The first kappa shape index (κ1) is 18.0. The molecule has 2 rings (SSSR count). The lowest BCUT2D eigenvalue weighted by Gasteiger charge is -2.44. The average molecular weight is 318 g/mol. The highest BCUT2D eigenvalue weighted by molar-refractivity contribution is 5.90. The lowest BCUT2D eigenvalue weighted by atomic mass is 9.61. The number of carbonyl (C=O) groups excluding carboxylic acids is 1. The quantitative estimate of drug-likeness (QED) is 0.624. The van der Waals surface area contributed by atoms with Gasteiger partial charge in [-0.3, -0.25) is 0 Å². The van der Waals surface area contributed by atoms with Crippen LogP contribution < -0.4 is 0 Å². The van der Waals surface area contributed by atoms with Crippen LogP contribution in [0.2, 0.25) is 0 Å². The zero-order valence-corrected chi connectivity index (χ0v) is 14.9. The Kier molecular flexibility index (Phi) is 4.91. The summed E-state index contributed by atoms with van der Waals surface area (Å²) in [5, 5.41) is 10.0. The van der Waals surface area contributed by atoms with E-state index in [1.165, 1.54) is 0 Å². The fourth-order valence-electron chi connectivity index (χ4n) is 3.95. The summed E-state index contributed by atoms with van der Waals surface area (Å²) < 4.78 is 5.49. The van der Waals surface area contributed by atoms with Gasteiger partial charge in [-0.1, -0.05) is 31.2 Å². The molecule has 3 heteroatoms. The molecule has 23 heavy (non-hydrogen) atoms. The van der Waals surface area contributed by atoms with Crippen LogP contribution in [-0.2, 0) is 9.53 Å². The maximum atomic E-state index is 12.4. The molecule has 1 heterocycles.